The van der Waals surface area contributed by atoms with Gasteiger partial charge in [0.2, 0.25) is 5.91 Å². The minimum absolute atomic E-state index is 0.288. The van der Waals surface area contributed by atoms with Gasteiger partial charge in [0, 0.05) is 50.2 Å². The first kappa shape index (κ1) is 18.5. The number of rotatable bonds is 5. The molecule has 2 aliphatic rings. The lowest BCUT2D eigenvalue weighted by Gasteiger charge is -2.45. The molecule has 146 valence electrons. The van der Waals surface area contributed by atoms with Gasteiger partial charge < -0.3 is 14.4 Å². The Labute approximate surface area is 163 Å². The fourth-order valence-corrected chi connectivity index (χ4v) is 5.30. The van der Waals surface area contributed by atoms with Crippen LogP contribution in [0.25, 0.3) is 10.9 Å². The molecule has 27 heavy (non-hydrogen) atoms. The van der Waals surface area contributed by atoms with E-state index >= 15 is 0 Å². The Hall–Kier alpha value is -1.81. The lowest BCUT2D eigenvalue weighted by atomic mass is 9.83. The van der Waals surface area contributed by atoms with Crippen molar-refractivity contribution in [2.45, 2.75) is 51.0 Å². The normalized spacial score (nSPS) is 23.3. The Balaban J connectivity index is 1.35. The van der Waals surface area contributed by atoms with Crippen molar-refractivity contribution in [1.29, 1.82) is 0 Å². The van der Waals surface area contributed by atoms with Crippen molar-refractivity contribution in [3.8, 4) is 0 Å². The van der Waals surface area contributed by atoms with Gasteiger partial charge in [0.1, 0.15) is 0 Å². The van der Waals surface area contributed by atoms with Crippen LogP contribution >= 0.6 is 0 Å². The molecule has 0 bridgehead atoms. The summed E-state index contributed by atoms with van der Waals surface area (Å²) in [5, 5.41) is 1.28. The maximum atomic E-state index is 12.8. The monoisotopic (exact) mass is 367 g/mol. The van der Waals surface area contributed by atoms with Gasteiger partial charge in [-0.15, -0.1) is 0 Å². The molecule has 3 heterocycles. The number of hydrogen-bond acceptors (Lipinski definition) is 2. The molecule has 2 aromatic rings. The molecular formula is C23H33N3O. The number of amides is 1. The first-order chi connectivity index (χ1) is 13.1. The fraction of sp³-hybridized carbons (Fsp3) is 0.609. The van der Waals surface area contributed by atoms with Crippen LogP contribution in [0.4, 0.5) is 0 Å². The number of benzene rings is 1. The summed E-state index contributed by atoms with van der Waals surface area (Å²) in [5.41, 5.74) is 2.53. The quantitative estimate of drug-likeness (QED) is 0.803. The SMILES string of the molecule is CN(CC1CCCN2CCCCC12)C(=O)CCc1cn(C)c2ccccc12. The topological polar surface area (TPSA) is 28.5 Å². The van der Waals surface area contributed by atoms with Crippen molar-refractivity contribution in [3.05, 3.63) is 36.0 Å². The van der Waals surface area contributed by atoms with Gasteiger partial charge in [-0.25, -0.2) is 0 Å². The minimum Gasteiger partial charge on any atom is -0.350 e. The molecule has 0 saturated carbocycles. The summed E-state index contributed by atoms with van der Waals surface area (Å²) in [6, 6.07) is 9.17. The number of piperidine rings is 2. The molecule has 2 unspecified atom stereocenters. The Bertz CT molecular complexity index is 794. The molecule has 0 radical (unpaired) electrons. The third-order valence-corrected chi connectivity index (χ3v) is 6.75. The molecular weight excluding hydrogens is 334 g/mol. The zero-order chi connectivity index (χ0) is 18.8. The Morgan fingerprint density at radius 1 is 1.15 bits per heavy atom. The molecule has 4 heteroatoms. The second kappa shape index (κ2) is 8.05. The van der Waals surface area contributed by atoms with Crippen LogP contribution in [0.2, 0.25) is 0 Å². The Morgan fingerprint density at radius 3 is 2.85 bits per heavy atom. The standard InChI is InChI=1S/C23H33N3O/c1-24-16-18(20-9-3-4-11-22(20)24)12-13-23(27)25(2)17-19-8-7-15-26-14-6-5-10-21(19)26/h3-4,9,11,16,19,21H,5-8,10,12-15,17H2,1-2H3. The van der Waals surface area contributed by atoms with E-state index in [4.69, 9.17) is 0 Å². The number of aromatic nitrogens is 1. The van der Waals surface area contributed by atoms with Crippen molar-refractivity contribution in [2.24, 2.45) is 13.0 Å². The smallest absolute Gasteiger partial charge is 0.222 e. The van der Waals surface area contributed by atoms with Crippen LogP contribution in [0.3, 0.4) is 0 Å². The molecule has 1 amide bonds. The van der Waals surface area contributed by atoms with Crippen LogP contribution in [0.15, 0.2) is 30.5 Å². The second-order valence-electron chi connectivity index (χ2n) is 8.56. The molecule has 2 atom stereocenters. The van der Waals surface area contributed by atoms with E-state index in [0.29, 0.717) is 18.4 Å². The van der Waals surface area contributed by atoms with Crippen LogP contribution in [0.1, 0.15) is 44.1 Å². The number of hydrogen-bond donors (Lipinski definition) is 0. The van der Waals surface area contributed by atoms with E-state index in [1.54, 1.807) is 0 Å². The van der Waals surface area contributed by atoms with Crippen LogP contribution in [-0.2, 0) is 18.3 Å². The first-order valence-electron chi connectivity index (χ1n) is 10.6. The van der Waals surface area contributed by atoms with Gasteiger partial charge in [-0.05, 0) is 62.7 Å². The molecule has 0 N–H and O–H groups in total. The lowest BCUT2D eigenvalue weighted by molar-refractivity contribution is -0.131. The number of carbonyl (C=O) groups is 1. The largest absolute Gasteiger partial charge is 0.350 e. The summed E-state index contributed by atoms with van der Waals surface area (Å²) < 4.78 is 2.17. The highest BCUT2D eigenvalue weighted by Crippen LogP contribution is 2.31. The lowest BCUT2D eigenvalue weighted by Crippen LogP contribution is -2.51. The van der Waals surface area contributed by atoms with E-state index in [0.717, 1.165) is 13.0 Å². The van der Waals surface area contributed by atoms with Crippen molar-refractivity contribution in [1.82, 2.24) is 14.4 Å². The summed E-state index contributed by atoms with van der Waals surface area (Å²) in [4.78, 5) is 17.5. The van der Waals surface area contributed by atoms with Crippen molar-refractivity contribution in [3.63, 3.8) is 0 Å². The van der Waals surface area contributed by atoms with Gasteiger partial charge in [-0.3, -0.25) is 4.79 Å². The molecule has 1 aromatic heterocycles. The predicted octanol–water partition coefficient (Wildman–Crippen LogP) is 3.83. The Kier molecular flexibility index (Phi) is 5.53. The van der Waals surface area contributed by atoms with Crippen LogP contribution in [-0.4, -0.2) is 53.0 Å². The maximum Gasteiger partial charge on any atom is 0.222 e. The average Bonchev–Trinajstić information content (AvgIpc) is 3.02. The number of nitrogens with zero attached hydrogens (tertiary/aromatic N) is 3. The fourth-order valence-electron chi connectivity index (χ4n) is 5.30. The minimum atomic E-state index is 0.288. The second-order valence-corrected chi connectivity index (χ2v) is 8.56. The van der Waals surface area contributed by atoms with Gasteiger partial charge in [0.05, 0.1) is 0 Å². The third-order valence-electron chi connectivity index (χ3n) is 6.75. The summed E-state index contributed by atoms with van der Waals surface area (Å²) in [5.74, 6) is 0.946. The summed E-state index contributed by atoms with van der Waals surface area (Å²) in [6.07, 6.45) is 10.2. The van der Waals surface area contributed by atoms with E-state index < -0.39 is 0 Å². The average molecular weight is 368 g/mol. The van der Waals surface area contributed by atoms with Crippen molar-refractivity contribution < 1.29 is 4.79 Å². The zero-order valence-electron chi connectivity index (χ0n) is 16.9. The zero-order valence-corrected chi connectivity index (χ0v) is 16.9. The van der Waals surface area contributed by atoms with Crippen LogP contribution in [0.5, 0.6) is 0 Å². The van der Waals surface area contributed by atoms with E-state index in [1.807, 2.05) is 11.9 Å². The van der Waals surface area contributed by atoms with E-state index in [9.17, 15) is 4.79 Å². The molecule has 0 spiro atoms. The van der Waals surface area contributed by atoms with Crippen molar-refractivity contribution >= 4 is 16.8 Å². The van der Waals surface area contributed by atoms with E-state index in [1.165, 1.54) is 61.7 Å². The van der Waals surface area contributed by atoms with Gasteiger partial charge in [0.25, 0.3) is 0 Å². The molecule has 2 saturated heterocycles. The first-order valence-corrected chi connectivity index (χ1v) is 10.6. The van der Waals surface area contributed by atoms with Gasteiger partial charge in [0.15, 0.2) is 0 Å². The highest BCUT2D eigenvalue weighted by Gasteiger charge is 2.33. The van der Waals surface area contributed by atoms with E-state index in [2.05, 4.69) is 47.0 Å². The number of fused-ring (bicyclic) bond motifs is 2. The molecule has 2 fully saturated rings. The molecule has 4 nitrogen and oxygen atoms in total. The third kappa shape index (κ3) is 3.91. The molecule has 4 rings (SSSR count). The number of aryl methyl sites for hydroxylation is 2. The van der Waals surface area contributed by atoms with Crippen LogP contribution in [0, 0.1) is 5.92 Å². The molecule has 0 aliphatic carbocycles. The molecule has 2 aliphatic heterocycles. The highest BCUT2D eigenvalue weighted by atomic mass is 16.2. The molecule has 1 aromatic carbocycles. The summed E-state index contributed by atoms with van der Waals surface area (Å²) >= 11 is 0. The Morgan fingerprint density at radius 2 is 1.96 bits per heavy atom. The van der Waals surface area contributed by atoms with Gasteiger partial charge >= 0.3 is 0 Å². The van der Waals surface area contributed by atoms with Gasteiger partial charge in [-0.1, -0.05) is 24.6 Å². The number of carbonyl (C=O) groups excluding carboxylic acids is 1. The summed E-state index contributed by atoms with van der Waals surface area (Å²) in [6.45, 7) is 3.45. The maximum absolute atomic E-state index is 12.8. The van der Waals surface area contributed by atoms with Crippen LogP contribution < -0.4 is 0 Å². The summed E-state index contributed by atoms with van der Waals surface area (Å²) in [7, 11) is 4.09. The highest BCUT2D eigenvalue weighted by molar-refractivity contribution is 5.84. The van der Waals surface area contributed by atoms with Crippen molar-refractivity contribution in [2.75, 3.05) is 26.7 Å². The number of para-hydroxylation sites is 1. The predicted molar refractivity (Wildman–Crippen MR) is 111 cm³/mol. The van der Waals surface area contributed by atoms with Gasteiger partial charge in [-0.2, -0.15) is 0 Å². The van der Waals surface area contributed by atoms with E-state index in [-0.39, 0.29) is 5.91 Å².